The lowest BCUT2D eigenvalue weighted by atomic mass is 10.0. The zero-order valence-corrected chi connectivity index (χ0v) is 39.8. The molecule has 0 heterocycles. The van der Waals surface area contributed by atoms with Crippen LogP contribution in [0.2, 0.25) is 0 Å². The first kappa shape index (κ1) is 57.1. The molecule has 6 heteroatoms. The molecule has 0 aromatic heterocycles. The van der Waals surface area contributed by atoms with E-state index < -0.39 is 6.10 Å². The van der Waals surface area contributed by atoms with Crippen molar-refractivity contribution in [1.29, 1.82) is 0 Å². The third-order valence-corrected chi connectivity index (χ3v) is 11.8. The van der Waals surface area contributed by atoms with Crippen LogP contribution >= 0.6 is 0 Å². The van der Waals surface area contributed by atoms with Crippen LogP contribution in [0.15, 0.2) is 12.2 Å². The number of carbonyl (C=O) groups excluding carboxylic acids is 3. The van der Waals surface area contributed by atoms with Crippen molar-refractivity contribution in [3.8, 4) is 0 Å². The molecule has 0 saturated heterocycles. The Balaban J connectivity index is 4.32. The molecule has 0 unspecified atom stereocenters. The summed E-state index contributed by atoms with van der Waals surface area (Å²) in [5.74, 6) is -0.853. The number of rotatable bonds is 48. The molecule has 0 spiro atoms. The molecule has 348 valence electrons. The molecule has 0 fully saturated rings. The van der Waals surface area contributed by atoms with Gasteiger partial charge in [0.15, 0.2) is 6.10 Å². The Morgan fingerprint density at radius 3 is 0.864 bits per heavy atom. The Labute approximate surface area is 367 Å². The highest BCUT2D eigenvalue weighted by Gasteiger charge is 2.19. The van der Waals surface area contributed by atoms with Gasteiger partial charge in [-0.2, -0.15) is 0 Å². The molecule has 59 heavy (non-hydrogen) atoms. The highest BCUT2D eigenvalue weighted by atomic mass is 16.6. The second-order valence-corrected chi connectivity index (χ2v) is 17.8. The minimum Gasteiger partial charge on any atom is -0.462 e. The van der Waals surface area contributed by atoms with Crippen molar-refractivity contribution in [1.82, 2.24) is 0 Å². The first-order valence-corrected chi connectivity index (χ1v) is 26.2. The maximum Gasteiger partial charge on any atom is 0.306 e. The van der Waals surface area contributed by atoms with E-state index in [-0.39, 0.29) is 31.1 Å². The zero-order valence-electron chi connectivity index (χ0n) is 39.8. The average Bonchev–Trinajstić information content (AvgIpc) is 3.23. The highest BCUT2D eigenvalue weighted by Crippen LogP contribution is 2.16. The van der Waals surface area contributed by atoms with Gasteiger partial charge < -0.3 is 14.2 Å². The van der Waals surface area contributed by atoms with Gasteiger partial charge in [-0.05, 0) is 44.9 Å². The standard InChI is InChI=1S/C53H100O6/c1-4-7-10-13-16-19-22-25-26-29-31-34-37-40-43-46-52(55)58-49-50(59-53(56)47-44-41-38-35-32-28-24-21-18-15-12-9-6-3)48-57-51(54)45-42-39-36-33-30-27-23-20-17-14-11-8-5-2/h19,22,50H,4-18,20-21,23-49H2,1-3H3/b22-19-/t50-/m0/s1. The van der Waals surface area contributed by atoms with Crippen molar-refractivity contribution in [2.24, 2.45) is 0 Å². The van der Waals surface area contributed by atoms with Crippen molar-refractivity contribution < 1.29 is 28.6 Å². The molecule has 0 radical (unpaired) electrons. The minimum atomic E-state index is -0.764. The SMILES string of the molecule is CCCCCC/C=C\CCCCCCCCCC(=O)OC[C@H](COC(=O)CCCCCCCCCCCCCCC)OC(=O)CCCCCCCCCCCCCCC. The largest absolute Gasteiger partial charge is 0.462 e. The molecule has 0 N–H and O–H groups in total. The van der Waals surface area contributed by atoms with Gasteiger partial charge in [0, 0.05) is 19.3 Å². The summed E-state index contributed by atoms with van der Waals surface area (Å²) in [5, 5.41) is 0. The number of esters is 3. The number of carbonyl (C=O) groups is 3. The third kappa shape index (κ3) is 47.1. The van der Waals surface area contributed by atoms with Crippen molar-refractivity contribution in [3.05, 3.63) is 12.2 Å². The van der Waals surface area contributed by atoms with E-state index in [0.717, 1.165) is 57.8 Å². The molecule has 0 aromatic carbocycles. The molecule has 0 aliphatic carbocycles. The number of ether oxygens (including phenoxy) is 3. The van der Waals surface area contributed by atoms with E-state index in [1.54, 1.807) is 0 Å². The Morgan fingerprint density at radius 1 is 0.322 bits per heavy atom. The number of hydrogen-bond donors (Lipinski definition) is 0. The van der Waals surface area contributed by atoms with E-state index in [1.165, 1.54) is 193 Å². The van der Waals surface area contributed by atoms with Crippen LogP contribution in [0.25, 0.3) is 0 Å². The summed E-state index contributed by atoms with van der Waals surface area (Å²) in [6.45, 7) is 6.65. The second kappa shape index (κ2) is 48.8. The Kier molecular flexibility index (Phi) is 47.3. The zero-order chi connectivity index (χ0) is 43.0. The van der Waals surface area contributed by atoms with Gasteiger partial charge in [-0.25, -0.2) is 0 Å². The van der Waals surface area contributed by atoms with Crippen LogP contribution in [0.5, 0.6) is 0 Å². The lowest BCUT2D eigenvalue weighted by Crippen LogP contribution is -2.30. The summed E-state index contributed by atoms with van der Waals surface area (Å²) in [5.41, 5.74) is 0. The predicted octanol–water partition coefficient (Wildman–Crippen LogP) is 17.0. The van der Waals surface area contributed by atoms with Crippen molar-refractivity contribution in [2.45, 2.75) is 297 Å². The van der Waals surface area contributed by atoms with Crippen LogP contribution in [-0.4, -0.2) is 37.2 Å². The summed E-state index contributed by atoms with van der Waals surface area (Å²) in [4.78, 5) is 37.9. The molecule has 0 aromatic rings. The summed E-state index contributed by atoms with van der Waals surface area (Å²) in [6, 6.07) is 0. The van der Waals surface area contributed by atoms with Crippen LogP contribution in [-0.2, 0) is 28.6 Å². The molecule has 0 bridgehead atoms. The molecular formula is C53H100O6. The van der Waals surface area contributed by atoms with Crippen LogP contribution < -0.4 is 0 Å². The first-order valence-electron chi connectivity index (χ1n) is 26.2. The van der Waals surface area contributed by atoms with Crippen molar-refractivity contribution in [2.75, 3.05) is 13.2 Å². The summed E-state index contributed by atoms with van der Waals surface area (Å²) < 4.78 is 16.8. The van der Waals surface area contributed by atoms with Crippen molar-refractivity contribution in [3.63, 3.8) is 0 Å². The van der Waals surface area contributed by atoms with Crippen molar-refractivity contribution >= 4 is 17.9 Å². The molecule has 1 atom stereocenters. The Bertz CT molecular complexity index is 916. The van der Waals surface area contributed by atoms with Crippen LogP contribution in [0, 0.1) is 0 Å². The topological polar surface area (TPSA) is 78.9 Å². The number of unbranched alkanes of at least 4 members (excludes halogenated alkanes) is 35. The fourth-order valence-corrected chi connectivity index (χ4v) is 7.79. The highest BCUT2D eigenvalue weighted by molar-refractivity contribution is 5.71. The first-order chi connectivity index (χ1) is 29.0. The maximum absolute atomic E-state index is 12.8. The van der Waals surface area contributed by atoms with Gasteiger partial charge in [0.2, 0.25) is 0 Å². The van der Waals surface area contributed by atoms with Gasteiger partial charge in [-0.3, -0.25) is 14.4 Å². The van der Waals surface area contributed by atoms with Gasteiger partial charge in [0.25, 0.3) is 0 Å². The fraction of sp³-hybridized carbons (Fsp3) is 0.906. The lowest BCUT2D eigenvalue weighted by molar-refractivity contribution is -0.167. The molecule has 0 saturated carbocycles. The quantitative estimate of drug-likeness (QED) is 0.0263. The normalized spacial score (nSPS) is 12.0. The Hall–Kier alpha value is -1.85. The van der Waals surface area contributed by atoms with Gasteiger partial charge in [0.1, 0.15) is 13.2 Å². The summed E-state index contributed by atoms with van der Waals surface area (Å²) in [7, 11) is 0. The molecule has 0 aliphatic heterocycles. The molecular weight excluding hydrogens is 733 g/mol. The molecule has 0 rings (SSSR count). The van der Waals surface area contributed by atoms with Gasteiger partial charge in [-0.15, -0.1) is 0 Å². The minimum absolute atomic E-state index is 0.0658. The van der Waals surface area contributed by atoms with E-state index in [4.69, 9.17) is 14.2 Å². The Morgan fingerprint density at radius 2 is 0.559 bits per heavy atom. The van der Waals surface area contributed by atoms with Crippen LogP contribution in [0.1, 0.15) is 290 Å². The summed E-state index contributed by atoms with van der Waals surface area (Å²) in [6.07, 6.45) is 53.3. The van der Waals surface area contributed by atoms with E-state index in [9.17, 15) is 14.4 Å². The fourth-order valence-electron chi connectivity index (χ4n) is 7.79. The molecule has 0 amide bonds. The van der Waals surface area contributed by atoms with Gasteiger partial charge in [-0.1, -0.05) is 238 Å². The molecule has 0 aliphatic rings. The van der Waals surface area contributed by atoms with E-state index in [0.29, 0.717) is 19.3 Å². The lowest BCUT2D eigenvalue weighted by Gasteiger charge is -2.18. The van der Waals surface area contributed by atoms with E-state index in [2.05, 4.69) is 32.9 Å². The van der Waals surface area contributed by atoms with Crippen LogP contribution in [0.3, 0.4) is 0 Å². The maximum atomic E-state index is 12.8. The second-order valence-electron chi connectivity index (χ2n) is 17.8. The number of allylic oxidation sites excluding steroid dienone is 2. The predicted molar refractivity (Wildman–Crippen MR) is 252 cm³/mol. The van der Waals surface area contributed by atoms with E-state index >= 15 is 0 Å². The smallest absolute Gasteiger partial charge is 0.306 e. The van der Waals surface area contributed by atoms with E-state index in [1.807, 2.05) is 0 Å². The monoisotopic (exact) mass is 833 g/mol. The summed E-state index contributed by atoms with van der Waals surface area (Å²) >= 11 is 0. The third-order valence-electron chi connectivity index (χ3n) is 11.8. The van der Waals surface area contributed by atoms with Gasteiger partial charge in [0.05, 0.1) is 0 Å². The van der Waals surface area contributed by atoms with Crippen LogP contribution in [0.4, 0.5) is 0 Å². The average molecular weight is 833 g/mol. The number of hydrogen-bond acceptors (Lipinski definition) is 6. The van der Waals surface area contributed by atoms with Gasteiger partial charge >= 0.3 is 17.9 Å². The molecule has 6 nitrogen and oxygen atoms in total.